The van der Waals surface area contributed by atoms with Gasteiger partial charge in [-0.05, 0) is 50.1 Å². The molecule has 0 unspecified atom stereocenters. The van der Waals surface area contributed by atoms with Gasteiger partial charge >= 0.3 is 0 Å². The molecule has 4 rings (SSSR count). The van der Waals surface area contributed by atoms with Crippen LogP contribution in [0.2, 0.25) is 0 Å². The second kappa shape index (κ2) is 10.1. The normalized spacial score (nSPS) is 16.6. The van der Waals surface area contributed by atoms with Crippen LogP contribution in [-0.2, 0) is 16.6 Å². The van der Waals surface area contributed by atoms with Crippen molar-refractivity contribution >= 4 is 15.9 Å². The standard InChI is InChI=1S/C25H32N2O5S/c1-3-27(18-20-8-7-11-23-24(20)32-17-16-31-23)25(28)19-12-14-22(15-13-19)33(29,30)26(2)21-9-5-4-6-10-21/h7-8,11-15,21H,3-6,9-10,16-18H2,1-2H3. The molecule has 7 nitrogen and oxygen atoms in total. The third-order valence-corrected chi connectivity index (χ3v) is 8.47. The molecule has 0 radical (unpaired) electrons. The van der Waals surface area contributed by atoms with Crippen molar-refractivity contribution in [3.8, 4) is 11.5 Å². The number of fused-ring (bicyclic) bond motifs is 1. The minimum atomic E-state index is -3.59. The van der Waals surface area contributed by atoms with Gasteiger partial charge in [-0.3, -0.25) is 4.79 Å². The van der Waals surface area contributed by atoms with Gasteiger partial charge in [0.1, 0.15) is 13.2 Å². The summed E-state index contributed by atoms with van der Waals surface area (Å²) >= 11 is 0. The van der Waals surface area contributed by atoms with Gasteiger partial charge in [0.15, 0.2) is 11.5 Å². The number of hydrogen-bond acceptors (Lipinski definition) is 5. The number of ether oxygens (including phenoxy) is 2. The first-order valence-corrected chi connectivity index (χ1v) is 13.1. The summed E-state index contributed by atoms with van der Waals surface area (Å²) in [5, 5.41) is 0. The molecule has 1 heterocycles. The van der Waals surface area contributed by atoms with Gasteiger partial charge in [-0.25, -0.2) is 8.42 Å². The highest BCUT2D eigenvalue weighted by atomic mass is 32.2. The molecule has 1 saturated carbocycles. The second-order valence-electron chi connectivity index (χ2n) is 8.60. The minimum absolute atomic E-state index is 0.0450. The van der Waals surface area contributed by atoms with Crippen LogP contribution in [-0.4, -0.2) is 56.4 Å². The topological polar surface area (TPSA) is 76.1 Å². The first-order valence-electron chi connectivity index (χ1n) is 11.7. The highest BCUT2D eigenvalue weighted by Gasteiger charge is 2.29. The van der Waals surface area contributed by atoms with E-state index in [1.54, 1.807) is 24.1 Å². The van der Waals surface area contributed by atoms with E-state index in [1.165, 1.54) is 22.9 Å². The van der Waals surface area contributed by atoms with E-state index in [0.29, 0.717) is 43.4 Å². The Morgan fingerprint density at radius 1 is 1.00 bits per heavy atom. The predicted molar refractivity (Wildman–Crippen MR) is 126 cm³/mol. The van der Waals surface area contributed by atoms with Gasteiger partial charge in [-0.1, -0.05) is 31.4 Å². The number of hydrogen-bond donors (Lipinski definition) is 0. The molecule has 1 aliphatic carbocycles. The van der Waals surface area contributed by atoms with Crippen molar-refractivity contribution in [1.29, 1.82) is 0 Å². The molecule has 33 heavy (non-hydrogen) atoms. The number of benzene rings is 2. The van der Waals surface area contributed by atoms with Crippen LogP contribution in [0.3, 0.4) is 0 Å². The van der Waals surface area contributed by atoms with Crippen LogP contribution in [0.4, 0.5) is 0 Å². The Morgan fingerprint density at radius 2 is 1.70 bits per heavy atom. The lowest BCUT2D eigenvalue weighted by Crippen LogP contribution is -2.38. The molecule has 0 aromatic heterocycles. The van der Waals surface area contributed by atoms with Gasteiger partial charge in [0.05, 0.1) is 4.90 Å². The van der Waals surface area contributed by atoms with Crippen LogP contribution in [0.5, 0.6) is 11.5 Å². The number of rotatable bonds is 7. The maximum atomic E-state index is 13.2. The number of amides is 1. The molecule has 0 atom stereocenters. The Balaban J connectivity index is 1.49. The zero-order chi connectivity index (χ0) is 23.4. The number of carbonyl (C=O) groups is 1. The number of para-hydroxylation sites is 1. The molecule has 0 bridgehead atoms. The Kier molecular flexibility index (Phi) is 7.24. The van der Waals surface area contributed by atoms with Crippen LogP contribution < -0.4 is 9.47 Å². The van der Waals surface area contributed by atoms with Crippen molar-refractivity contribution in [2.75, 3.05) is 26.8 Å². The van der Waals surface area contributed by atoms with Gasteiger partial charge in [0.2, 0.25) is 10.0 Å². The fraction of sp³-hybridized carbons (Fsp3) is 0.480. The number of carbonyl (C=O) groups excluding carboxylic acids is 1. The molecule has 2 aromatic carbocycles. The molecule has 178 valence electrons. The van der Waals surface area contributed by atoms with Crippen molar-refractivity contribution in [1.82, 2.24) is 9.21 Å². The third kappa shape index (κ3) is 5.01. The minimum Gasteiger partial charge on any atom is -0.486 e. The fourth-order valence-electron chi connectivity index (χ4n) is 4.55. The molecule has 8 heteroatoms. The number of sulfonamides is 1. The molecule has 1 aliphatic heterocycles. The Hall–Kier alpha value is -2.58. The maximum Gasteiger partial charge on any atom is 0.254 e. The summed E-state index contributed by atoms with van der Waals surface area (Å²) in [6, 6.07) is 12.0. The van der Waals surface area contributed by atoms with Gasteiger partial charge in [-0.2, -0.15) is 4.31 Å². The summed E-state index contributed by atoms with van der Waals surface area (Å²) in [7, 11) is -1.93. The van der Waals surface area contributed by atoms with Gasteiger partial charge in [-0.15, -0.1) is 0 Å². The quantitative estimate of drug-likeness (QED) is 0.607. The van der Waals surface area contributed by atoms with Crippen molar-refractivity contribution in [2.24, 2.45) is 0 Å². The van der Waals surface area contributed by atoms with Crippen LogP contribution in [0.15, 0.2) is 47.4 Å². The molecular weight excluding hydrogens is 440 g/mol. The van der Waals surface area contributed by atoms with Crippen molar-refractivity contribution in [3.63, 3.8) is 0 Å². The molecule has 1 fully saturated rings. The first kappa shape index (κ1) is 23.6. The van der Waals surface area contributed by atoms with E-state index in [-0.39, 0.29) is 16.8 Å². The zero-order valence-corrected chi connectivity index (χ0v) is 20.1. The van der Waals surface area contributed by atoms with Crippen molar-refractivity contribution < 1.29 is 22.7 Å². The molecule has 0 saturated heterocycles. The number of nitrogens with zero attached hydrogens (tertiary/aromatic N) is 2. The lowest BCUT2D eigenvalue weighted by molar-refractivity contribution is 0.0749. The summed E-state index contributed by atoms with van der Waals surface area (Å²) in [4.78, 5) is 15.1. The average molecular weight is 473 g/mol. The Morgan fingerprint density at radius 3 is 2.39 bits per heavy atom. The fourth-order valence-corrected chi connectivity index (χ4v) is 5.97. The Labute approximate surface area is 196 Å². The molecular formula is C25H32N2O5S. The summed E-state index contributed by atoms with van der Waals surface area (Å²) in [6.07, 6.45) is 5.09. The lowest BCUT2D eigenvalue weighted by atomic mass is 9.96. The average Bonchev–Trinajstić information content (AvgIpc) is 2.87. The lowest BCUT2D eigenvalue weighted by Gasteiger charge is -2.30. The molecule has 0 spiro atoms. The summed E-state index contributed by atoms with van der Waals surface area (Å²) in [5.74, 6) is 1.22. The van der Waals surface area contributed by atoms with Crippen molar-refractivity contribution in [2.45, 2.75) is 56.5 Å². The van der Waals surface area contributed by atoms with E-state index in [9.17, 15) is 13.2 Å². The molecule has 2 aromatic rings. The Bertz CT molecular complexity index is 1080. The van der Waals surface area contributed by atoms with Gasteiger partial charge in [0.25, 0.3) is 5.91 Å². The van der Waals surface area contributed by atoms with E-state index in [4.69, 9.17) is 9.47 Å². The van der Waals surface area contributed by atoms with Crippen LogP contribution in [0, 0.1) is 0 Å². The smallest absolute Gasteiger partial charge is 0.254 e. The molecule has 1 amide bonds. The van der Waals surface area contributed by atoms with E-state index < -0.39 is 10.0 Å². The van der Waals surface area contributed by atoms with E-state index in [1.807, 2.05) is 25.1 Å². The highest BCUT2D eigenvalue weighted by Crippen LogP contribution is 2.34. The predicted octanol–water partition coefficient (Wildman–Crippen LogP) is 4.07. The SMILES string of the molecule is CCN(Cc1cccc2c1OCCO2)C(=O)c1ccc(S(=O)(=O)N(C)C2CCCCC2)cc1. The molecule has 0 N–H and O–H groups in total. The summed E-state index contributed by atoms with van der Waals surface area (Å²) in [6.45, 7) is 3.80. The first-order chi connectivity index (χ1) is 15.9. The third-order valence-electron chi connectivity index (χ3n) is 6.55. The maximum absolute atomic E-state index is 13.2. The largest absolute Gasteiger partial charge is 0.486 e. The van der Waals surface area contributed by atoms with Gasteiger partial charge in [0, 0.05) is 37.3 Å². The monoisotopic (exact) mass is 472 g/mol. The second-order valence-corrected chi connectivity index (χ2v) is 10.6. The van der Waals surface area contributed by atoms with Crippen LogP contribution in [0.25, 0.3) is 0 Å². The van der Waals surface area contributed by atoms with Crippen LogP contribution >= 0.6 is 0 Å². The molecule has 2 aliphatic rings. The summed E-state index contributed by atoms with van der Waals surface area (Å²) in [5.41, 5.74) is 1.34. The van der Waals surface area contributed by atoms with E-state index in [0.717, 1.165) is 31.2 Å². The highest BCUT2D eigenvalue weighted by molar-refractivity contribution is 7.89. The van der Waals surface area contributed by atoms with Crippen LogP contribution in [0.1, 0.15) is 54.9 Å². The van der Waals surface area contributed by atoms with E-state index >= 15 is 0 Å². The van der Waals surface area contributed by atoms with E-state index in [2.05, 4.69) is 0 Å². The zero-order valence-electron chi connectivity index (χ0n) is 19.3. The summed E-state index contributed by atoms with van der Waals surface area (Å²) < 4.78 is 39.1. The van der Waals surface area contributed by atoms with Gasteiger partial charge < -0.3 is 14.4 Å². The van der Waals surface area contributed by atoms with Crippen molar-refractivity contribution in [3.05, 3.63) is 53.6 Å².